The van der Waals surface area contributed by atoms with Gasteiger partial charge in [-0.05, 0) is 38.1 Å². The number of carbonyl (C=O) groups is 1. The van der Waals surface area contributed by atoms with Crippen LogP contribution in [0.3, 0.4) is 0 Å². The summed E-state index contributed by atoms with van der Waals surface area (Å²) in [5.74, 6) is 0.0805. The van der Waals surface area contributed by atoms with E-state index >= 15 is 0 Å². The highest BCUT2D eigenvalue weighted by Crippen LogP contribution is 2.11. The first-order valence-electron chi connectivity index (χ1n) is 8.07. The number of hydrogen-bond acceptors (Lipinski definition) is 4. The maximum Gasteiger partial charge on any atom is 0.261 e. The molecule has 1 N–H and O–H groups in total. The molecular formula is C17H23ClN4O2. The molecule has 24 heavy (non-hydrogen) atoms. The van der Waals surface area contributed by atoms with Crippen LogP contribution in [0.5, 0.6) is 0 Å². The third-order valence-corrected chi connectivity index (χ3v) is 4.55. The summed E-state index contributed by atoms with van der Waals surface area (Å²) in [5, 5.41) is 3.89. The molecule has 0 bridgehead atoms. The molecule has 0 atom stereocenters. The first-order chi connectivity index (χ1) is 11.2. The van der Waals surface area contributed by atoms with Crippen LogP contribution in [0.1, 0.15) is 19.3 Å². The van der Waals surface area contributed by atoms with E-state index in [0.717, 1.165) is 25.9 Å². The van der Waals surface area contributed by atoms with E-state index in [1.807, 2.05) is 30.1 Å². The number of para-hydroxylation sites is 1. The van der Waals surface area contributed by atoms with Gasteiger partial charge in [-0.3, -0.25) is 14.2 Å². The second-order valence-corrected chi connectivity index (χ2v) is 6.00. The molecule has 0 radical (unpaired) electrons. The number of nitrogens with zero attached hydrogens (tertiary/aromatic N) is 3. The number of rotatable bonds is 4. The van der Waals surface area contributed by atoms with E-state index in [1.165, 1.54) is 10.9 Å². The zero-order chi connectivity index (χ0) is 16.2. The molecule has 1 aliphatic rings. The zero-order valence-corrected chi connectivity index (χ0v) is 14.6. The lowest BCUT2D eigenvalue weighted by Crippen LogP contribution is -2.44. The third-order valence-electron chi connectivity index (χ3n) is 4.55. The Morgan fingerprint density at radius 3 is 2.79 bits per heavy atom. The van der Waals surface area contributed by atoms with Crippen molar-refractivity contribution in [3.63, 3.8) is 0 Å². The summed E-state index contributed by atoms with van der Waals surface area (Å²) in [6.07, 6.45) is 3.82. The number of aromatic nitrogens is 2. The molecule has 6 nitrogen and oxygen atoms in total. The van der Waals surface area contributed by atoms with Crippen LogP contribution in [0.15, 0.2) is 35.4 Å². The van der Waals surface area contributed by atoms with Gasteiger partial charge in [-0.25, -0.2) is 4.98 Å². The van der Waals surface area contributed by atoms with E-state index in [1.54, 1.807) is 6.07 Å². The normalized spacial score (nSPS) is 15.0. The number of nitrogens with one attached hydrogen (secondary N) is 1. The van der Waals surface area contributed by atoms with E-state index in [-0.39, 0.29) is 23.9 Å². The Bertz CT molecular complexity index is 756. The van der Waals surface area contributed by atoms with Gasteiger partial charge in [0.15, 0.2) is 0 Å². The fourth-order valence-electron chi connectivity index (χ4n) is 3.06. The Labute approximate surface area is 147 Å². The van der Waals surface area contributed by atoms with Gasteiger partial charge in [-0.1, -0.05) is 12.1 Å². The molecule has 2 heterocycles. The average Bonchev–Trinajstić information content (AvgIpc) is 2.61. The molecule has 0 aliphatic carbocycles. The molecule has 1 fully saturated rings. The lowest BCUT2D eigenvalue weighted by atomic mass is 10.1. The van der Waals surface area contributed by atoms with Gasteiger partial charge in [-0.15, -0.1) is 12.4 Å². The topological polar surface area (TPSA) is 67.2 Å². The van der Waals surface area contributed by atoms with Crippen LogP contribution in [0.4, 0.5) is 0 Å². The molecule has 1 saturated heterocycles. The van der Waals surface area contributed by atoms with E-state index in [4.69, 9.17) is 0 Å². The standard InChI is InChI=1S/C17H22N4O2.ClH/c1-20(13-6-9-18-10-7-13)16(22)8-11-21-12-19-15-5-3-2-4-14(15)17(21)23;/h2-5,12-13,18H,6-11H2,1H3;1H. The number of halogens is 1. The number of hydrogen-bond donors (Lipinski definition) is 1. The maximum absolute atomic E-state index is 12.4. The Morgan fingerprint density at radius 2 is 2.04 bits per heavy atom. The van der Waals surface area contributed by atoms with E-state index in [2.05, 4.69) is 10.3 Å². The first kappa shape index (κ1) is 18.4. The molecule has 1 aromatic heterocycles. The van der Waals surface area contributed by atoms with E-state index in [9.17, 15) is 9.59 Å². The third kappa shape index (κ3) is 3.94. The van der Waals surface area contributed by atoms with Crippen LogP contribution < -0.4 is 10.9 Å². The summed E-state index contributed by atoms with van der Waals surface area (Å²) in [7, 11) is 1.86. The van der Waals surface area contributed by atoms with Crippen LogP contribution in [0, 0.1) is 0 Å². The van der Waals surface area contributed by atoms with Gasteiger partial charge in [0.25, 0.3) is 5.56 Å². The van der Waals surface area contributed by atoms with E-state index < -0.39 is 0 Å². The number of carbonyl (C=O) groups excluding carboxylic acids is 1. The summed E-state index contributed by atoms with van der Waals surface area (Å²) < 4.78 is 1.52. The SMILES string of the molecule is CN(C(=O)CCn1cnc2ccccc2c1=O)C1CCNCC1.Cl. The van der Waals surface area contributed by atoms with Crippen molar-refractivity contribution >= 4 is 29.2 Å². The van der Waals surface area contributed by atoms with Gasteiger partial charge in [0.05, 0.1) is 17.2 Å². The van der Waals surface area contributed by atoms with Gasteiger partial charge in [0.1, 0.15) is 0 Å². The largest absolute Gasteiger partial charge is 0.343 e. The number of aryl methyl sites for hydroxylation is 1. The van der Waals surface area contributed by atoms with Crippen molar-refractivity contribution in [3.05, 3.63) is 40.9 Å². The van der Waals surface area contributed by atoms with Gasteiger partial charge in [0, 0.05) is 26.1 Å². The number of fused-ring (bicyclic) bond motifs is 1. The van der Waals surface area contributed by atoms with Crippen LogP contribution in [0.25, 0.3) is 10.9 Å². The summed E-state index contributed by atoms with van der Waals surface area (Å²) >= 11 is 0. The van der Waals surface area contributed by atoms with Crippen LogP contribution >= 0.6 is 12.4 Å². The summed E-state index contributed by atoms with van der Waals surface area (Å²) in [4.78, 5) is 30.9. The quantitative estimate of drug-likeness (QED) is 0.905. The average molecular weight is 351 g/mol. The summed E-state index contributed by atoms with van der Waals surface area (Å²) in [6, 6.07) is 7.57. The Hall–Kier alpha value is -1.92. The van der Waals surface area contributed by atoms with Crippen molar-refractivity contribution in [2.75, 3.05) is 20.1 Å². The highest BCUT2D eigenvalue weighted by molar-refractivity contribution is 5.85. The van der Waals surface area contributed by atoms with Crippen LogP contribution in [0.2, 0.25) is 0 Å². The van der Waals surface area contributed by atoms with Crippen molar-refractivity contribution in [3.8, 4) is 0 Å². The first-order valence-corrected chi connectivity index (χ1v) is 8.07. The van der Waals surface area contributed by atoms with Crippen LogP contribution in [-0.4, -0.2) is 46.5 Å². The molecule has 1 aliphatic heterocycles. The summed E-state index contributed by atoms with van der Waals surface area (Å²) in [5.41, 5.74) is 0.597. The lowest BCUT2D eigenvalue weighted by molar-refractivity contribution is -0.132. The van der Waals surface area contributed by atoms with Crippen molar-refractivity contribution in [1.29, 1.82) is 0 Å². The highest BCUT2D eigenvalue weighted by atomic mass is 35.5. The van der Waals surface area contributed by atoms with Gasteiger partial charge in [-0.2, -0.15) is 0 Å². The molecule has 0 saturated carbocycles. The molecule has 2 aromatic rings. The Morgan fingerprint density at radius 1 is 1.33 bits per heavy atom. The van der Waals surface area contributed by atoms with Crippen molar-refractivity contribution in [2.45, 2.75) is 31.8 Å². The van der Waals surface area contributed by atoms with Crippen molar-refractivity contribution in [2.24, 2.45) is 0 Å². The fraction of sp³-hybridized carbons (Fsp3) is 0.471. The zero-order valence-electron chi connectivity index (χ0n) is 13.8. The minimum absolute atomic E-state index is 0. The second-order valence-electron chi connectivity index (χ2n) is 6.00. The predicted octanol–water partition coefficient (Wildman–Crippen LogP) is 1.42. The Kier molecular flexibility index (Phi) is 6.34. The predicted molar refractivity (Wildman–Crippen MR) is 96.5 cm³/mol. The van der Waals surface area contributed by atoms with Crippen molar-refractivity contribution in [1.82, 2.24) is 19.8 Å². The lowest BCUT2D eigenvalue weighted by Gasteiger charge is -2.31. The number of piperidine rings is 1. The second kappa shape index (κ2) is 8.26. The Balaban J connectivity index is 0.00000208. The molecule has 7 heteroatoms. The number of amides is 1. The smallest absolute Gasteiger partial charge is 0.261 e. The molecular weight excluding hydrogens is 328 g/mol. The summed E-state index contributed by atoms with van der Waals surface area (Å²) in [6.45, 7) is 2.28. The highest BCUT2D eigenvalue weighted by Gasteiger charge is 2.21. The molecule has 3 rings (SSSR count). The number of benzene rings is 1. The molecule has 0 unspecified atom stereocenters. The van der Waals surface area contributed by atoms with Gasteiger partial charge < -0.3 is 10.2 Å². The monoisotopic (exact) mass is 350 g/mol. The van der Waals surface area contributed by atoms with Crippen LogP contribution in [-0.2, 0) is 11.3 Å². The fourth-order valence-corrected chi connectivity index (χ4v) is 3.06. The minimum atomic E-state index is -0.0899. The minimum Gasteiger partial charge on any atom is -0.343 e. The van der Waals surface area contributed by atoms with E-state index in [0.29, 0.717) is 29.9 Å². The molecule has 130 valence electrons. The molecule has 1 aromatic carbocycles. The van der Waals surface area contributed by atoms with Gasteiger partial charge >= 0.3 is 0 Å². The van der Waals surface area contributed by atoms with Crippen molar-refractivity contribution < 1.29 is 4.79 Å². The van der Waals surface area contributed by atoms with Gasteiger partial charge in [0.2, 0.25) is 5.91 Å². The molecule has 0 spiro atoms. The molecule has 1 amide bonds. The maximum atomic E-state index is 12.4.